The molecule has 5 heteroatoms. The zero-order valence-corrected chi connectivity index (χ0v) is 18.3. The van der Waals surface area contributed by atoms with E-state index in [4.69, 9.17) is 5.11 Å². The highest BCUT2D eigenvalue weighted by atomic mass is 35.5. The Hall–Kier alpha value is 0.200. The Morgan fingerprint density at radius 1 is 0.500 bits per heavy atom. The number of alkyl halides is 2. The van der Waals surface area contributed by atoms with Gasteiger partial charge in [-0.15, -0.1) is 36.4 Å². The van der Waals surface area contributed by atoms with E-state index in [1.54, 1.807) is 0 Å². The standard InChI is InChI=1S/5C2H6.C2H4.2CH3Cl.CH4O.H3N.H2O/c9*1-2;;/h5*1-2H3;1-2H2;2*1H3;2H,1H3;1H3;1H2. The Bertz CT molecular complexity index is 23.8. The van der Waals surface area contributed by atoms with Gasteiger partial charge in [-0.05, 0) is 0 Å². The second-order valence-corrected chi connectivity index (χ2v) is 0. The first-order chi connectivity index (χ1) is 9.00. The van der Waals surface area contributed by atoms with Crippen LogP contribution in [0, 0.1) is 0 Å². The van der Waals surface area contributed by atoms with Crippen LogP contribution in [0.4, 0.5) is 0 Å². The quantitative estimate of drug-likeness (QED) is 0.383. The highest BCUT2D eigenvalue weighted by Crippen LogP contribution is 1.34. The molecule has 0 radical (unpaired) electrons. The number of halogens is 2. The summed E-state index contributed by atoms with van der Waals surface area (Å²) < 4.78 is 0. The van der Waals surface area contributed by atoms with Gasteiger partial charge in [-0.3, -0.25) is 0 Å². The van der Waals surface area contributed by atoms with Gasteiger partial charge < -0.3 is 16.7 Å². The molecule has 0 aromatic heterocycles. The minimum atomic E-state index is 0. The van der Waals surface area contributed by atoms with Crippen LogP contribution in [0.25, 0.3) is 0 Å². The van der Waals surface area contributed by atoms with E-state index in [0.717, 1.165) is 7.11 Å². The summed E-state index contributed by atoms with van der Waals surface area (Å²) in [5, 5.41) is 7.00. The summed E-state index contributed by atoms with van der Waals surface area (Å²) in [6.45, 7) is 26.0. The van der Waals surface area contributed by atoms with Gasteiger partial charge in [0.15, 0.2) is 0 Å². The van der Waals surface area contributed by atoms with Crippen LogP contribution < -0.4 is 6.15 Å². The third-order valence-electron chi connectivity index (χ3n) is 0. The minimum absolute atomic E-state index is 0. The van der Waals surface area contributed by atoms with Gasteiger partial charge in [0.1, 0.15) is 0 Å². The molecule has 0 bridgehead atoms. The van der Waals surface area contributed by atoms with Gasteiger partial charge in [0, 0.05) is 19.9 Å². The molecule has 0 aromatic carbocycles. The minimum Gasteiger partial charge on any atom is -0.412 e. The molecule has 0 spiro atoms. The number of rotatable bonds is 0. The fourth-order valence-corrected chi connectivity index (χ4v) is 0. The third-order valence-corrected chi connectivity index (χ3v) is 0. The molecule has 3 nitrogen and oxygen atoms in total. The predicted molar refractivity (Wildman–Crippen MR) is 108 cm³/mol. The Balaban J connectivity index is -0.00000000500. The molecule has 0 aromatic rings. The maximum atomic E-state index is 7.00. The summed E-state index contributed by atoms with van der Waals surface area (Å²) in [7, 11) is 1.00. The van der Waals surface area contributed by atoms with Crippen molar-refractivity contribution in [1.82, 2.24) is 6.15 Å². The zero-order chi connectivity index (χ0) is 18.0. The molecule has 0 rings (SSSR count). The lowest BCUT2D eigenvalue weighted by molar-refractivity contribution is 0.399. The maximum Gasteiger partial charge on any atom is 0.0319 e. The van der Waals surface area contributed by atoms with Crippen LogP contribution >= 0.6 is 23.2 Å². The highest BCUT2D eigenvalue weighted by molar-refractivity contribution is 6.15. The van der Waals surface area contributed by atoms with Crippen molar-refractivity contribution in [2.24, 2.45) is 0 Å². The van der Waals surface area contributed by atoms with Crippen LogP contribution in [0.3, 0.4) is 0 Å². The molecule has 6 N–H and O–H groups in total. The zero-order valence-electron chi connectivity index (χ0n) is 16.8. The average Bonchev–Trinajstić information content (AvgIpc) is 2.63. The smallest absolute Gasteiger partial charge is 0.0319 e. The number of hydrogen-bond acceptors (Lipinski definition) is 2. The second-order valence-electron chi connectivity index (χ2n) is 0. The van der Waals surface area contributed by atoms with Gasteiger partial charge in [-0.1, -0.05) is 69.2 Å². The molecule has 0 saturated heterocycles. The first kappa shape index (κ1) is 88.0. The third kappa shape index (κ3) is 135000. The van der Waals surface area contributed by atoms with Gasteiger partial charge in [-0.25, -0.2) is 0 Å². The summed E-state index contributed by atoms with van der Waals surface area (Å²) in [5.74, 6) is 0. The van der Waals surface area contributed by atoms with Crippen molar-refractivity contribution in [2.75, 3.05) is 19.9 Å². The molecule has 0 aliphatic heterocycles. The van der Waals surface area contributed by atoms with Crippen LogP contribution in [-0.4, -0.2) is 30.5 Å². The molecule has 0 amide bonds. The Kier molecular flexibility index (Phi) is 699000. The van der Waals surface area contributed by atoms with Crippen LogP contribution in [0.1, 0.15) is 69.2 Å². The molecule has 0 aliphatic rings. The van der Waals surface area contributed by atoms with Crippen molar-refractivity contribution in [3.63, 3.8) is 0 Å². The van der Waals surface area contributed by atoms with E-state index in [1.807, 2.05) is 69.2 Å². The monoisotopic (exact) mass is 345 g/mol. The fraction of sp³-hybridized carbons (Fsp3) is 0.867. The van der Waals surface area contributed by atoms with E-state index in [-0.39, 0.29) is 11.6 Å². The van der Waals surface area contributed by atoms with E-state index < -0.39 is 0 Å². The first-order valence-corrected chi connectivity index (χ1v) is 8.22. The van der Waals surface area contributed by atoms with Gasteiger partial charge in [0.05, 0.1) is 0 Å². The molecule has 0 fully saturated rings. The number of hydrogen-bond donors (Lipinski definition) is 2. The predicted octanol–water partition coefficient (Wildman–Crippen LogP) is 6.59. The average molecular weight is 346 g/mol. The molecule has 0 unspecified atom stereocenters. The fourth-order valence-electron chi connectivity index (χ4n) is 0. The van der Waals surface area contributed by atoms with Gasteiger partial charge in [-0.2, -0.15) is 0 Å². The van der Waals surface area contributed by atoms with E-state index in [9.17, 15) is 0 Å². The normalized spacial score (nSPS) is 2.60. The van der Waals surface area contributed by atoms with E-state index in [1.165, 1.54) is 12.8 Å². The Morgan fingerprint density at radius 2 is 0.500 bits per heavy atom. The largest absolute Gasteiger partial charge is 0.412 e. The lowest BCUT2D eigenvalue weighted by atomic mass is 11.0. The van der Waals surface area contributed by atoms with Gasteiger partial charge >= 0.3 is 0 Å². The van der Waals surface area contributed by atoms with Gasteiger partial charge in [0.25, 0.3) is 0 Å². The van der Waals surface area contributed by atoms with Gasteiger partial charge in [0.2, 0.25) is 0 Å². The molecule has 0 saturated carbocycles. The molecular weight excluding hydrogens is 297 g/mol. The highest BCUT2D eigenvalue weighted by Gasteiger charge is 0.949. The Labute approximate surface area is 142 Å². The van der Waals surface area contributed by atoms with Crippen LogP contribution in [0.5, 0.6) is 0 Å². The van der Waals surface area contributed by atoms with E-state index >= 15 is 0 Å². The summed E-state index contributed by atoms with van der Waals surface area (Å²) in [5.41, 5.74) is 0. The first-order valence-electron chi connectivity index (χ1n) is 6.70. The summed E-state index contributed by atoms with van der Waals surface area (Å²) in [4.78, 5) is 0. The molecule has 0 heterocycles. The van der Waals surface area contributed by atoms with E-state index in [2.05, 4.69) is 36.4 Å². The van der Waals surface area contributed by atoms with E-state index in [0.29, 0.717) is 0 Å². The van der Waals surface area contributed by atoms with Crippen molar-refractivity contribution < 1.29 is 10.6 Å². The van der Waals surface area contributed by atoms with Crippen molar-refractivity contribution in [2.45, 2.75) is 69.2 Å². The maximum absolute atomic E-state index is 7.00. The molecule has 0 aliphatic carbocycles. The summed E-state index contributed by atoms with van der Waals surface area (Å²) in [6, 6.07) is 0. The molecular formula is C15H49Cl2NO2. The summed E-state index contributed by atoms with van der Waals surface area (Å²) in [6.07, 6.45) is 2.94. The van der Waals surface area contributed by atoms with Crippen LogP contribution in [0.2, 0.25) is 0 Å². The van der Waals surface area contributed by atoms with Crippen molar-refractivity contribution in [1.29, 1.82) is 0 Å². The molecule has 140 valence electrons. The lowest BCUT2D eigenvalue weighted by Gasteiger charge is -1.21. The Morgan fingerprint density at radius 3 is 0.500 bits per heavy atom. The van der Waals surface area contributed by atoms with Crippen molar-refractivity contribution in [3.05, 3.63) is 13.2 Å². The number of aliphatic hydroxyl groups excluding tert-OH is 1. The summed E-state index contributed by atoms with van der Waals surface area (Å²) >= 11 is 9.28. The molecule has 0 atom stereocenters. The SMILES string of the molecule is C=C.CC.CC.CC.CC.CC.CCl.CCl.CO.N.O. The lowest BCUT2D eigenvalue weighted by Crippen LogP contribution is -1.25. The van der Waals surface area contributed by atoms with Crippen LogP contribution in [0.15, 0.2) is 13.2 Å². The second kappa shape index (κ2) is 159000. The topological polar surface area (TPSA) is 86.7 Å². The molecule has 20 heavy (non-hydrogen) atoms. The van der Waals surface area contributed by atoms with Crippen LogP contribution in [-0.2, 0) is 0 Å². The number of aliphatic hydroxyl groups is 1. The van der Waals surface area contributed by atoms with Crippen molar-refractivity contribution in [3.8, 4) is 0 Å². The van der Waals surface area contributed by atoms with Crippen molar-refractivity contribution >= 4 is 23.2 Å².